The molecule has 4 aromatic rings. The molecule has 36 heavy (non-hydrogen) atoms. The van der Waals surface area contributed by atoms with E-state index in [0.29, 0.717) is 53.5 Å². The van der Waals surface area contributed by atoms with E-state index in [4.69, 9.17) is 20.2 Å². The van der Waals surface area contributed by atoms with Gasteiger partial charge in [0, 0.05) is 35.1 Å². The Balaban J connectivity index is 1.66. The molecule has 0 aliphatic heterocycles. The van der Waals surface area contributed by atoms with Gasteiger partial charge in [-0.25, -0.2) is 9.78 Å². The van der Waals surface area contributed by atoms with Gasteiger partial charge in [0.25, 0.3) is 0 Å². The van der Waals surface area contributed by atoms with Crippen LogP contribution in [0.25, 0.3) is 5.65 Å². The van der Waals surface area contributed by atoms with Crippen LogP contribution >= 0.6 is 0 Å². The number of nitrogen functional groups attached to an aromatic ring is 1. The van der Waals surface area contributed by atoms with E-state index in [0.717, 1.165) is 17.7 Å². The molecule has 4 N–H and O–H groups in total. The summed E-state index contributed by atoms with van der Waals surface area (Å²) < 4.78 is 11.3. The summed E-state index contributed by atoms with van der Waals surface area (Å²) in [5.74, 6) is 0.600. The molecule has 186 valence electrons. The smallest absolute Gasteiger partial charge is 0.337 e. The third-order valence-corrected chi connectivity index (χ3v) is 5.56. The highest BCUT2D eigenvalue weighted by Gasteiger charge is 2.14. The lowest BCUT2D eigenvalue weighted by Gasteiger charge is -2.13. The summed E-state index contributed by atoms with van der Waals surface area (Å²) in [6.45, 7) is 0. The molecule has 10 nitrogen and oxygen atoms in total. The molecule has 0 bridgehead atoms. The first kappa shape index (κ1) is 24.5. The van der Waals surface area contributed by atoms with E-state index in [1.54, 1.807) is 28.9 Å². The van der Waals surface area contributed by atoms with Gasteiger partial charge in [0.2, 0.25) is 0 Å². The Labute approximate surface area is 208 Å². The van der Waals surface area contributed by atoms with Gasteiger partial charge in [0.15, 0.2) is 5.65 Å². The molecule has 0 saturated carbocycles. The number of nitrogens with zero attached hydrogens (tertiary/aromatic N) is 3. The first-order chi connectivity index (χ1) is 17.5. The average Bonchev–Trinajstić information content (AvgIpc) is 3.29. The van der Waals surface area contributed by atoms with Crippen molar-refractivity contribution in [1.29, 1.82) is 0 Å². The molecule has 0 fully saturated rings. The molecule has 4 rings (SSSR count). The van der Waals surface area contributed by atoms with Crippen molar-refractivity contribution in [2.75, 3.05) is 30.6 Å². The number of esters is 2. The van der Waals surface area contributed by atoms with E-state index in [9.17, 15) is 9.59 Å². The lowest BCUT2D eigenvalue weighted by atomic mass is 10.1. The minimum Gasteiger partial charge on any atom is -0.469 e. The number of methoxy groups -OCH3 is 2. The molecule has 2 heterocycles. The van der Waals surface area contributed by atoms with Crippen molar-refractivity contribution in [2.24, 2.45) is 0 Å². The van der Waals surface area contributed by atoms with Crippen LogP contribution in [0.1, 0.15) is 35.2 Å². The second-order valence-electron chi connectivity index (χ2n) is 8.16. The topological polar surface area (TPSA) is 133 Å². The molecule has 0 unspecified atom stereocenters. The van der Waals surface area contributed by atoms with Crippen LogP contribution in [0.2, 0.25) is 0 Å². The van der Waals surface area contributed by atoms with Gasteiger partial charge in [-0.1, -0.05) is 12.1 Å². The summed E-state index contributed by atoms with van der Waals surface area (Å²) >= 11 is 0. The maximum Gasteiger partial charge on any atom is 0.337 e. The zero-order chi connectivity index (χ0) is 25.5. The monoisotopic (exact) mass is 488 g/mol. The molecule has 0 aliphatic carbocycles. The van der Waals surface area contributed by atoms with Crippen LogP contribution in [0.4, 0.5) is 28.7 Å². The van der Waals surface area contributed by atoms with Gasteiger partial charge in [-0.15, -0.1) is 0 Å². The summed E-state index contributed by atoms with van der Waals surface area (Å²) in [7, 11) is 2.74. The van der Waals surface area contributed by atoms with Crippen LogP contribution in [0.15, 0.2) is 60.8 Å². The number of carbonyl (C=O) groups is 2. The van der Waals surface area contributed by atoms with Gasteiger partial charge in [-0.05, 0) is 55.7 Å². The summed E-state index contributed by atoms with van der Waals surface area (Å²) in [6, 6.07) is 16.2. The van der Waals surface area contributed by atoms with Crippen molar-refractivity contribution in [2.45, 2.75) is 25.7 Å². The second-order valence-corrected chi connectivity index (χ2v) is 8.16. The van der Waals surface area contributed by atoms with E-state index < -0.39 is 5.97 Å². The van der Waals surface area contributed by atoms with E-state index in [-0.39, 0.29) is 5.97 Å². The predicted molar refractivity (Wildman–Crippen MR) is 138 cm³/mol. The fourth-order valence-corrected chi connectivity index (χ4v) is 3.78. The Morgan fingerprint density at radius 1 is 0.972 bits per heavy atom. The maximum absolute atomic E-state index is 12.0. The standard InChI is InChI=1S/C26H28N6O4/c1-35-24(33)12-4-3-7-18-16-28-32-23(30-20-10-5-8-17(13-20)26(34)36-2)15-22(31-25(18)32)29-21-11-6-9-19(27)14-21/h5-6,8-11,13-16,30H,3-4,7,12,27H2,1-2H3,(H,29,31). The van der Waals surface area contributed by atoms with Gasteiger partial charge < -0.3 is 25.8 Å². The number of ether oxygens (including phenoxy) is 2. The predicted octanol–water partition coefficient (Wildman–Crippen LogP) is 4.47. The van der Waals surface area contributed by atoms with Gasteiger partial charge >= 0.3 is 11.9 Å². The molecule has 0 saturated heterocycles. The number of fused-ring (bicyclic) bond motifs is 1. The second kappa shape index (κ2) is 11.2. The van der Waals surface area contributed by atoms with Crippen molar-refractivity contribution in [1.82, 2.24) is 14.6 Å². The zero-order valence-corrected chi connectivity index (χ0v) is 20.2. The Bertz CT molecular complexity index is 1380. The minimum absolute atomic E-state index is 0.220. The average molecular weight is 489 g/mol. The van der Waals surface area contributed by atoms with Crippen molar-refractivity contribution >= 4 is 46.3 Å². The molecular formula is C26H28N6O4. The van der Waals surface area contributed by atoms with E-state index in [2.05, 4.69) is 15.7 Å². The van der Waals surface area contributed by atoms with Gasteiger partial charge in [0.05, 0.1) is 26.0 Å². The Morgan fingerprint density at radius 2 is 1.75 bits per heavy atom. The number of aromatic nitrogens is 3. The fourth-order valence-electron chi connectivity index (χ4n) is 3.78. The fraction of sp³-hybridized carbons (Fsp3) is 0.231. The van der Waals surface area contributed by atoms with Crippen LogP contribution in [0.5, 0.6) is 0 Å². The molecule has 0 radical (unpaired) electrons. The van der Waals surface area contributed by atoms with E-state index in [1.165, 1.54) is 14.2 Å². The van der Waals surface area contributed by atoms with Crippen LogP contribution in [-0.2, 0) is 20.7 Å². The Morgan fingerprint density at radius 3 is 2.50 bits per heavy atom. The number of hydrogen-bond donors (Lipinski definition) is 3. The number of anilines is 5. The molecule has 0 atom stereocenters. The zero-order valence-electron chi connectivity index (χ0n) is 20.2. The van der Waals surface area contributed by atoms with Gasteiger partial charge in [-0.3, -0.25) is 4.79 Å². The van der Waals surface area contributed by atoms with Crippen LogP contribution in [0, 0.1) is 0 Å². The van der Waals surface area contributed by atoms with Gasteiger partial charge in [0.1, 0.15) is 11.6 Å². The summed E-state index contributed by atoms with van der Waals surface area (Å²) in [4.78, 5) is 28.2. The molecule has 2 aromatic carbocycles. The van der Waals surface area contributed by atoms with E-state index in [1.807, 2.05) is 36.4 Å². The first-order valence-corrected chi connectivity index (χ1v) is 11.5. The number of unbranched alkanes of at least 4 members (excludes halogenated alkanes) is 1. The van der Waals surface area contributed by atoms with Crippen molar-refractivity contribution in [3.8, 4) is 0 Å². The highest BCUT2D eigenvalue weighted by atomic mass is 16.5. The molecule has 0 amide bonds. The Kier molecular flexibility index (Phi) is 7.64. The third kappa shape index (κ3) is 5.90. The first-order valence-electron chi connectivity index (χ1n) is 11.5. The number of rotatable bonds is 10. The number of benzene rings is 2. The Hall–Kier alpha value is -4.60. The molecule has 10 heteroatoms. The van der Waals surface area contributed by atoms with Crippen LogP contribution < -0.4 is 16.4 Å². The number of aryl methyl sites for hydroxylation is 1. The highest BCUT2D eigenvalue weighted by molar-refractivity contribution is 5.90. The summed E-state index contributed by atoms with van der Waals surface area (Å²) in [5, 5.41) is 11.2. The number of carbonyl (C=O) groups excluding carboxylic acids is 2. The van der Waals surface area contributed by atoms with Crippen LogP contribution in [-0.4, -0.2) is 40.8 Å². The molecular weight excluding hydrogens is 460 g/mol. The quantitative estimate of drug-likeness (QED) is 0.168. The summed E-state index contributed by atoms with van der Waals surface area (Å²) in [6.07, 6.45) is 4.34. The minimum atomic E-state index is -0.420. The maximum atomic E-state index is 12.0. The summed E-state index contributed by atoms with van der Waals surface area (Å²) in [5.41, 5.74) is 10.1. The largest absolute Gasteiger partial charge is 0.469 e. The highest BCUT2D eigenvalue weighted by Crippen LogP contribution is 2.26. The SMILES string of the molecule is COC(=O)CCCCc1cnn2c(Nc3cccc(C(=O)OC)c3)cc(Nc3cccc(N)c3)nc12. The lowest BCUT2D eigenvalue weighted by Crippen LogP contribution is -2.06. The number of nitrogens with one attached hydrogen (secondary N) is 2. The van der Waals surface area contributed by atoms with Crippen molar-refractivity contribution in [3.63, 3.8) is 0 Å². The van der Waals surface area contributed by atoms with Crippen LogP contribution in [0.3, 0.4) is 0 Å². The van der Waals surface area contributed by atoms with Crippen molar-refractivity contribution < 1.29 is 19.1 Å². The lowest BCUT2D eigenvalue weighted by molar-refractivity contribution is -0.140. The van der Waals surface area contributed by atoms with E-state index >= 15 is 0 Å². The normalized spacial score (nSPS) is 10.7. The van der Waals surface area contributed by atoms with Crippen molar-refractivity contribution in [3.05, 3.63) is 71.9 Å². The molecule has 2 aromatic heterocycles. The third-order valence-electron chi connectivity index (χ3n) is 5.56. The van der Waals surface area contributed by atoms with Gasteiger partial charge in [-0.2, -0.15) is 9.61 Å². The number of hydrogen-bond acceptors (Lipinski definition) is 9. The molecule has 0 aliphatic rings. The molecule has 0 spiro atoms. The number of nitrogens with two attached hydrogens (primary N) is 1.